The molecule has 2 aromatic carbocycles. The van der Waals surface area contributed by atoms with Crippen LogP contribution in [0.25, 0.3) is 11.3 Å². The maximum atomic E-state index is 14.1. The lowest BCUT2D eigenvalue weighted by atomic mass is 10.1. The molecular weight excluding hydrogens is 346 g/mol. The molecule has 0 bridgehead atoms. The van der Waals surface area contributed by atoms with E-state index in [1.54, 1.807) is 31.4 Å². The van der Waals surface area contributed by atoms with Gasteiger partial charge in [-0.05, 0) is 24.3 Å². The molecule has 134 valence electrons. The first-order chi connectivity index (χ1) is 12.5. The Labute approximate surface area is 147 Å². The van der Waals surface area contributed by atoms with Gasteiger partial charge in [-0.15, -0.1) is 0 Å². The van der Waals surface area contributed by atoms with E-state index in [0.717, 1.165) is 17.7 Å². The topological polar surface area (TPSA) is 87.6 Å². The molecule has 0 aliphatic carbocycles. The van der Waals surface area contributed by atoms with Gasteiger partial charge >= 0.3 is 0 Å². The monoisotopic (exact) mass is 360 g/mol. The number of hydrogen-bond donors (Lipinski definition) is 1. The summed E-state index contributed by atoms with van der Waals surface area (Å²) >= 11 is 0. The zero-order valence-electron chi connectivity index (χ0n) is 13.7. The number of ether oxygens (including phenoxy) is 2. The average Bonchev–Trinajstić information content (AvgIpc) is 3.10. The molecule has 1 heterocycles. The molecule has 0 radical (unpaired) electrons. The number of carbonyl (C=O) groups excluding carboxylic acids is 1. The number of halogens is 2. The molecule has 3 rings (SSSR count). The van der Waals surface area contributed by atoms with E-state index < -0.39 is 23.1 Å². The number of rotatable bonds is 6. The zero-order valence-corrected chi connectivity index (χ0v) is 13.7. The van der Waals surface area contributed by atoms with Crippen molar-refractivity contribution in [2.45, 2.75) is 6.61 Å². The van der Waals surface area contributed by atoms with Crippen LogP contribution in [-0.4, -0.2) is 18.2 Å². The lowest BCUT2D eigenvalue weighted by Crippen LogP contribution is -2.16. The Bertz CT molecular complexity index is 956. The molecular formula is C18H14F2N2O4. The van der Waals surface area contributed by atoms with Crippen LogP contribution in [0.15, 0.2) is 47.0 Å². The molecule has 0 saturated carbocycles. The Morgan fingerprint density at radius 1 is 1.23 bits per heavy atom. The van der Waals surface area contributed by atoms with E-state index in [2.05, 4.69) is 5.16 Å². The van der Waals surface area contributed by atoms with Crippen LogP contribution in [0.5, 0.6) is 11.5 Å². The van der Waals surface area contributed by atoms with E-state index in [1.165, 1.54) is 0 Å². The number of aromatic nitrogens is 1. The molecule has 6 nitrogen and oxygen atoms in total. The van der Waals surface area contributed by atoms with Gasteiger partial charge in [-0.3, -0.25) is 4.79 Å². The highest BCUT2D eigenvalue weighted by Crippen LogP contribution is 2.26. The molecule has 0 fully saturated rings. The third-order valence-corrected chi connectivity index (χ3v) is 3.60. The summed E-state index contributed by atoms with van der Waals surface area (Å²) in [6, 6.07) is 10.8. The van der Waals surface area contributed by atoms with Gasteiger partial charge in [0.1, 0.15) is 29.4 Å². The van der Waals surface area contributed by atoms with E-state index in [0.29, 0.717) is 17.2 Å². The lowest BCUT2D eigenvalue weighted by molar-refractivity contribution is 0.0991. The molecule has 3 aromatic rings. The van der Waals surface area contributed by atoms with Crippen LogP contribution in [0.4, 0.5) is 8.78 Å². The number of methoxy groups -OCH3 is 1. The summed E-state index contributed by atoms with van der Waals surface area (Å²) in [5.41, 5.74) is 5.43. The van der Waals surface area contributed by atoms with Crippen molar-refractivity contribution in [3.05, 3.63) is 65.4 Å². The van der Waals surface area contributed by atoms with Crippen molar-refractivity contribution in [3.63, 3.8) is 0 Å². The maximum Gasteiger partial charge on any atom is 0.254 e. The second-order valence-electron chi connectivity index (χ2n) is 5.30. The van der Waals surface area contributed by atoms with Gasteiger partial charge in [-0.2, -0.15) is 0 Å². The first-order valence-electron chi connectivity index (χ1n) is 7.50. The third-order valence-electron chi connectivity index (χ3n) is 3.60. The van der Waals surface area contributed by atoms with E-state index in [4.69, 9.17) is 19.7 Å². The summed E-state index contributed by atoms with van der Waals surface area (Å²) in [5, 5.41) is 3.92. The van der Waals surface area contributed by atoms with Crippen molar-refractivity contribution >= 4 is 5.91 Å². The molecule has 1 amide bonds. The van der Waals surface area contributed by atoms with E-state index in [9.17, 15) is 13.6 Å². The van der Waals surface area contributed by atoms with Crippen LogP contribution in [0, 0.1) is 11.6 Å². The van der Waals surface area contributed by atoms with Gasteiger partial charge in [0, 0.05) is 11.6 Å². The van der Waals surface area contributed by atoms with Gasteiger partial charge in [0.2, 0.25) is 0 Å². The SMILES string of the molecule is COc1cccc(-c2cc(COc3ccc(F)c(C(N)=O)c3F)on2)c1. The van der Waals surface area contributed by atoms with Crippen LogP contribution in [-0.2, 0) is 6.61 Å². The van der Waals surface area contributed by atoms with Crippen molar-refractivity contribution in [2.75, 3.05) is 7.11 Å². The standard InChI is InChI=1S/C18H14F2N2O4/c1-24-11-4-2-3-10(7-11)14-8-12(26-22-14)9-25-15-6-5-13(19)16(17(15)20)18(21)23/h2-8H,9H2,1H3,(H2,21,23). The number of amides is 1. The van der Waals surface area contributed by atoms with E-state index >= 15 is 0 Å². The molecule has 0 saturated heterocycles. The Morgan fingerprint density at radius 3 is 2.77 bits per heavy atom. The minimum atomic E-state index is -1.22. The van der Waals surface area contributed by atoms with Crippen molar-refractivity contribution in [1.82, 2.24) is 5.16 Å². The number of benzene rings is 2. The number of nitrogens with two attached hydrogens (primary N) is 1. The quantitative estimate of drug-likeness (QED) is 0.729. The first-order valence-corrected chi connectivity index (χ1v) is 7.50. The highest BCUT2D eigenvalue weighted by Gasteiger charge is 2.19. The van der Waals surface area contributed by atoms with Crippen LogP contribution < -0.4 is 15.2 Å². The summed E-state index contributed by atoms with van der Waals surface area (Å²) in [7, 11) is 1.55. The Balaban J connectivity index is 1.76. The average molecular weight is 360 g/mol. The van der Waals surface area contributed by atoms with Gasteiger partial charge in [0.25, 0.3) is 5.91 Å². The van der Waals surface area contributed by atoms with Crippen LogP contribution in [0.3, 0.4) is 0 Å². The second kappa shape index (κ2) is 7.22. The summed E-state index contributed by atoms with van der Waals surface area (Å²) in [6.45, 7) is -0.169. The summed E-state index contributed by atoms with van der Waals surface area (Å²) in [6.07, 6.45) is 0. The summed E-state index contributed by atoms with van der Waals surface area (Å²) in [4.78, 5) is 11.1. The van der Waals surface area contributed by atoms with Crippen molar-refractivity contribution in [1.29, 1.82) is 0 Å². The Hall–Kier alpha value is -3.42. The van der Waals surface area contributed by atoms with Crippen LogP contribution >= 0.6 is 0 Å². The highest BCUT2D eigenvalue weighted by atomic mass is 19.1. The van der Waals surface area contributed by atoms with E-state index in [-0.39, 0.29) is 12.4 Å². The van der Waals surface area contributed by atoms with Gasteiger partial charge in [-0.1, -0.05) is 17.3 Å². The van der Waals surface area contributed by atoms with Gasteiger partial charge in [0.15, 0.2) is 17.3 Å². The molecule has 8 heteroatoms. The molecule has 0 atom stereocenters. The number of nitrogens with zero attached hydrogens (tertiary/aromatic N) is 1. The second-order valence-corrected chi connectivity index (χ2v) is 5.30. The van der Waals surface area contributed by atoms with Crippen molar-refractivity contribution in [3.8, 4) is 22.8 Å². The maximum absolute atomic E-state index is 14.1. The van der Waals surface area contributed by atoms with E-state index in [1.807, 2.05) is 6.07 Å². The van der Waals surface area contributed by atoms with Gasteiger partial charge in [-0.25, -0.2) is 8.78 Å². The molecule has 1 aromatic heterocycles. The fourth-order valence-electron chi connectivity index (χ4n) is 2.32. The highest BCUT2D eigenvalue weighted by molar-refractivity contribution is 5.93. The van der Waals surface area contributed by atoms with Crippen molar-refractivity contribution < 1.29 is 27.6 Å². The Morgan fingerprint density at radius 2 is 2.04 bits per heavy atom. The minimum Gasteiger partial charge on any atom is -0.497 e. The fraction of sp³-hybridized carbons (Fsp3) is 0.111. The first kappa shape index (κ1) is 17.4. The predicted molar refractivity (Wildman–Crippen MR) is 87.7 cm³/mol. The number of hydrogen-bond acceptors (Lipinski definition) is 5. The molecule has 2 N–H and O–H groups in total. The Kier molecular flexibility index (Phi) is 4.83. The molecule has 0 spiro atoms. The normalized spacial score (nSPS) is 10.6. The number of carbonyl (C=O) groups is 1. The number of primary amides is 1. The molecule has 0 aliphatic heterocycles. The smallest absolute Gasteiger partial charge is 0.254 e. The van der Waals surface area contributed by atoms with Gasteiger partial charge < -0.3 is 19.7 Å². The predicted octanol–water partition coefficient (Wildman–Crippen LogP) is 3.31. The van der Waals surface area contributed by atoms with Gasteiger partial charge in [0.05, 0.1) is 7.11 Å². The minimum absolute atomic E-state index is 0.169. The lowest BCUT2D eigenvalue weighted by Gasteiger charge is -2.08. The van der Waals surface area contributed by atoms with Crippen LogP contribution in [0.2, 0.25) is 0 Å². The largest absolute Gasteiger partial charge is 0.497 e. The zero-order chi connectivity index (χ0) is 18.7. The summed E-state index contributed by atoms with van der Waals surface area (Å²) in [5.74, 6) is -2.78. The fourth-order valence-corrected chi connectivity index (χ4v) is 2.32. The molecule has 26 heavy (non-hydrogen) atoms. The third kappa shape index (κ3) is 3.49. The van der Waals surface area contributed by atoms with Crippen LogP contribution in [0.1, 0.15) is 16.1 Å². The molecule has 0 aliphatic rings. The summed E-state index contributed by atoms with van der Waals surface area (Å²) < 4.78 is 43.1. The van der Waals surface area contributed by atoms with Crippen molar-refractivity contribution in [2.24, 2.45) is 5.73 Å². The molecule has 0 unspecified atom stereocenters.